The van der Waals surface area contributed by atoms with Crippen molar-refractivity contribution in [2.45, 2.75) is 6.92 Å². The summed E-state index contributed by atoms with van der Waals surface area (Å²) in [7, 11) is 1.37. The van der Waals surface area contributed by atoms with Gasteiger partial charge in [-0.25, -0.2) is 4.79 Å². The number of aromatic carboxylic acids is 1. The number of amides is 1. The number of carbonyl (C=O) groups excluding carboxylic acids is 1. The van der Waals surface area contributed by atoms with E-state index in [1.54, 1.807) is 18.2 Å². The largest absolute Gasteiger partial charge is 0.496 e. The summed E-state index contributed by atoms with van der Waals surface area (Å²) in [6.45, 7) is 1.84. The van der Waals surface area contributed by atoms with E-state index in [2.05, 4.69) is 5.32 Å². The Hall–Kier alpha value is -3.59. The van der Waals surface area contributed by atoms with Gasteiger partial charge in [-0.1, -0.05) is 24.3 Å². The van der Waals surface area contributed by atoms with Crippen LogP contribution in [0.3, 0.4) is 0 Å². The van der Waals surface area contributed by atoms with Gasteiger partial charge in [0.2, 0.25) is 0 Å². The molecule has 0 heterocycles. The second-order valence-electron chi connectivity index (χ2n) is 5.20. The van der Waals surface area contributed by atoms with Gasteiger partial charge in [-0.15, -0.1) is 0 Å². The summed E-state index contributed by atoms with van der Waals surface area (Å²) in [6.07, 6.45) is 1.33. The fourth-order valence-corrected chi connectivity index (χ4v) is 2.20. The molecule has 0 saturated heterocycles. The van der Waals surface area contributed by atoms with Crippen LogP contribution < -0.4 is 10.1 Å². The summed E-state index contributed by atoms with van der Waals surface area (Å²) < 4.78 is 4.99. The summed E-state index contributed by atoms with van der Waals surface area (Å²) in [4.78, 5) is 23.6. The molecule has 0 spiro atoms. The average Bonchev–Trinajstić information content (AvgIpc) is 2.61. The fourth-order valence-electron chi connectivity index (χ4n) is 2.20. The van der Waals surface area contributed by atoms with E-state index in [0.717, 1.165) is 5.56 Å². The maximum Gasteiger partial charge on any atom is 0.339 e. The van der Waals surface area contributed by atoms with Crippen LogP contribution in [0.4, 0.5) is 5.69 Å². The minimum Gasteiger partial charge on any atom is -0.496 e. The number of nitriles is 1. The number of anilines is 1. The van der Waals surface area contributed by atoms with Crippen LogP contribution in [-0.2, 0) is 4.79 Å². The number of nitrogens with one attached hydrogen (secondary N) is 1. The Morgan fingerprint density at radius 3 is 2.56 bits per heavy atom. The molecule has 0 aromatic heterocycles. The first kappa shape index (κ1) is 17.8. The number of nitrogens with zero attached hydrogens (tertiary/aromatic N) is 1. The summed E-state index contributed by atoms with van der Waals surface area (Å²) in [5, 5.41) is 21.1. The predicted octanol–water partition coefficient (Wildman–Crippen LogP) is 3.25. The minimum atomic E-state index is -1.16. The molecular formula is C19H16N2O4. The first-order chi connectivity index (χ1) is 12.0. The second-order valence-corrected chi connectivity index (χ2v) is 5.20. The molecule has 0 fully saturated rings. The van der Waals surface area contributed by atoms with Gasteiger partial charge in [0, 0.05) is 5.69 Å². The molecule has 1 amide bonds. The second kappa shape index (κ2) is 7.79. The summed E-state index contributed by atoms with van der Waals surface area (Å²) in [6, 6.07) is 13.4. The van der Waals surface area contributed by atoms with Gasteiger partial charge in [0.1, 0.15) is 23.0 Å². The fraction of sp³-hybridized carbons (Fsp3) is 0.105. The van der Waals surface area contributed by atoms with E-state index in [1.165, 1.54) is 25.3 Å². The van der Waals surface area contributed by atoms with Gasteiger partial charge in [0.25, 0.3) is 5.91 Å². The molecule has 0 unspecified atom stereocenters. The zero-order chi connectivity index (χ0) is 18.4. The molecule has 2 N–H and O–H groups in total. The van der Waals surface area contributed by atoms with Crippen LogP contribution in [0.15, 0.2) is 48.0 Å². The van der Waals surface area contributed by atoms with Gasteiger partial charge >= 0.3 is 5.97 Å². The Morgan fingerprint density at radius 1 is 1.24 bits per heavy atom. The lowest BCUT2D eigenvalue weighted by Crippen LogP contribution is -2.14. The van der Waals surface area contributed by atoms with Crippen LogP contribution in [0.25, 0.3) is 6.08 Å². The number of rotatable bonds is 5. The number of methoxy groups -OCH3 is 1. The first-order valence-corrected chi connectivity index (χ1v) is 7.36. The molecule has 0 radical (unpaired) electrons. The van der Waals surface area contributed by atoms with Crippen molar-refractivity contribution >= 4 is 23.6 Å². The topological polar surface area (TPSA) is 99.4 Å². The zero-order valence-corrected chi connectivity index (χ0v) is 13.7. The lowest BCUT2D eigenvalue weighted by atomic mass is 10.1. The molecule has 6 nitrogen and oxygen atoms in total. The lowest BCUT2D eigenvalue weighted by molar-refractivity contribution is -0.112. The summed E-state index contributed by atoms with van der Waals surface area (Å²) >= 11 is 0. The average molecular weight is 336 g/mol. The number of carboxylic acids is 1. The van der Waals surface area contributed by atoms with E-state index >= 15 is 0 Å². The summed E-state index contributed by atoms with van der Waals surface area (Å²) in [5.41, 5.74) is 1.70. The number of para-hydroxylation sites is 1. The van der Waals surface area contributed by atoms with Gasteiger partial charge in [0.15, 0.2) is 0 Å². The van der Waals surface area contributed by atoms with Crippen LogP contribution in [-0.4, -0.2) is 24.1 Å². The van der Waals surface area contributed by atoms with Crippen LogP contribution in [0.5, 0.6) is 5.75 Å². The standard InChI is InChI=1S/C19H16N2O4/c1-12-5-3-4-6-16(12)21-18(22)14(11-20)9-13-7-8-17(25-2)15(10-13)19(23)24/h3-10H,1-2H3,(H,21,22)(H,23,24)/b14-9+. The highest BCUT2D eigenvalue weighted by Crippen LogP contribution is 2.22. The number of carboxylic acid groups (broad SMARTS) is 1. The van der Waals surface area contributed by atoms with E-state index in [-0.39, 0.29) is 16.9 Å². The van der Waals surface area contributed by atoms with Crippen molar-refractivity contribution in [1.82, 2.24) is 0 Å². The first-order valence-electron chi connectivity index (χ1n) is 7.36. The van der Waals surface area contributed by atoms with E-state index in [9.17, 15) is 20.0 Å². The van der Waals surface area contributed by atoms with E-state index in [1.807, 2.05) is 25.1 Å². The molecule has 2 aromatic rings. The van der Waals surface area contributed by atoms with Crippen molar-refractivity contribution in [3.8, 4) is 11.8 Å². The van der Waals surface area contributed by atoms with Crippen LogP contribution in [0.2, 0.25) is 0 Å². The Balaban J connectivity index is 2.33. The molecular weight excluding hydrogens is 320 g/mol. The van der Waals surface area contributed by atoms with Gasteiger partial charge in [-0.2, -0.15) is 5.26 Å². The molecule has 0 bridgehead atoms. The highest BCUT2D eigenvalue weighted by atomic mass is 16.5. The Bertz CT molecular complexity index is 895. The minimum absolute atomic E-state index is 0.0483. The molecule has 2 aromatic carbocycles. The summed E-state index contributed by atoms with van der Waals surface area (Å²) in [5.74, 6) is -1.52. The quantitative estimate of drug-likeness (QED) is 0.645. The maximum atomic E-state index is 12.3. The predicted molar refractivity (Wildman–Crippen MR) is 93.4 cm³/mol. The van der Waals surface area contributed by atoms with Crippen molar-refractivity contribution in [1.29, 1.82) is 5.26 Å². The Morgan fingerprint density at radius 2 is 1.96 bits per heavy atom. The number of hydrogen-bond acceptors (Lipinski definition) is 4. The number of aryl methyl sites for hydroxylation is 1. The van der Waals surface area contributed by atoms with Crippen molar-refractivity contribution in [3.63, 3.8) is 0 Å². The van der Waals surface area contributed by atoms with E-state index < -0.39 is 11.9 Å². The maximum absolute atomic E-state index is 12.3. The molecule has 126 valence electrons. The third kappa shape index (κ3) is 4.24. The Kier molecular flexibility index (Phi) is 5.54. The normalized spacial score (nSPS) is 10.7. The van der Waals surface area contributed by atoms with Crippen LogP contribution >= 0.6 is 0 Å². The number of carbonyl (C=O) groups is 2. The molecule has 6 heteroatoms. The lowest BCUT2D eigenvalue weighted by Gasteiger charge is -2.08. The van der Waals surface area contributed by atoms with E-state index in [4.69, 9.17) is 4.74 Å². The molecule has 0 aliphatic carbocycles. The highest BCUT2D eigenvalue weighted by Gasteiger charge is 2.14. The molecule has 0 aliphatic rings. The monoisotopic (exact) mass is 336 g/mol. The van der Waals surface area contributed by atoms with Gasteiger partial charge < -0.3 is 15.2 Å². The van der Waals surface area contributed by atoms with Crippen LogP contribution in [0.1, 0.15) is 21.5 Å². The third-order valence-corrected chi connectivity index (χ3v) is 3.52. The number of hydrogen-bond donors (Lipinski definition) is 2. The van der Waals surface area contributed by atoms with E-state index in [0.29, 0.717) is 11.3 Å². The SMILES string of the molecule is COc1ccc(/C=C(\C#N)C(=O)Nc2ccccc2C)cc1C(=O)O. The van der Waals surface area contributed by atoms with Crippen molar-refractivity contribution in [3.05, 3.63) is 64.7 Å². The molecule has 0 saturated carbocycles. The van der Waals surface area contributed by atoms with Crippen molar-refractivity contribution in [2.24, 2.45) is 0 Å². The zero-order valence-electron chi connectivity index (χ0n) is 13.7. The smallest absolute Gasteiger partial charge is 0.339 e. The molecule has 2 rings (SSSR count). The molecule has 25 heavy (non-hydrogen) atoms. The Labute approximate surface area is 145 Å². The molecule has 0 atom stereocenters. The van der Waals surface area contributed by atoms with Gasteiger partial charge in [-0.3, -0.25) is 4.79 Å². The van der Waals surface area contributed by atoms with Gasteiger partial charge in [0.05, 0.1) is 7.11 Å². The third-order valence-electron chi connectivity index (χ3n) is 3.52. The van der Waals surface area contributed by atoms with Crippen LogP contribution in [0, 0.1) is 18.3 Å². The van der Waals surface area contributed by atoms with Gasteiger partial charge in [-0.05, 0) is 42.3 Å². The molecule has 0 aliphatic heterocycles. The highest BCUT2D eigenvalue weighted by molar-refractivity contribution is 6.10. The van der Waals surface area contributed by atoms with Crippen molar-refractivity contribution < 1.29 is 19.4 Å². The number of ether oxygens (including phenoxy) is 1. The van der Waals surface area contributed by atoms with Crippen molar-refractivity contribution in [2.75, 3.05) is 12.4 Å². The number of benzene rings is 2.